The maximum Gasteiger partial charge on any atom is 0.190 e. The van der Waals surface area contributed by atoms with Crippen molar-refractivity contribution in [2.75, 3.05) is 0 Å². The fourth-order valence-electron chi connectivity index (χ4n) is 9.25. The number of carbonyl (C=O) groups excluding carboxylic acids is 2. The van der Waals surface area contributed by atoms with Crippen molar-refractivity contribution in [1.82, 2.24) is 0 Å². The van der Waals surface area contributed by atoms with E-state index in [1.54, 1.807) is 19.1 Å². The third kappa shape index (κ3) is 30.2. The van der Waals surface area contributed by atoms with Gasteiger partial charge in [-0.1, -0.05) is 164 Å². The van der Waals surface area contributed by atoms with Gasteiger partial charge in [0, 0.05) is 22.3 Å². The summed E-state index contributed by atoms with van der Waals surface area (Å²) in [5.41, 5.74) is 20.0. The molecule has 0 aliphatic heterocycles. The van der Waals surface area contributed by atoms with Gasteiger partial charge in [-0.2, -0.15) is 0 Å². The molecule has 0 unspecified atom stereocenters. The minimum absolute atomic E-state index is 0.00898. The lowest BCUT2D eigenvalue weighted by atomic mass is 9.83. The largest absolute Gasteiger partial charge is 0.289 e. The second kappa shape index (κ2) is 37.8. The van der Waals surface area contributed by atoms with E-state index in [2.05, 4.69) is 163 Å². The molecule has 1 aromatic carbocycles. The van der Waals surface area contributed by atoms with Gasteiger partial charge in [0.1, 0.15) is 0 Å². The first-order valence-corrected chi connectivity index (χ1v) is 28.6. The molecule has 2 heteroatoms. The van der Waals surface area contributed by atoms with Crippen molar-refractivity contribution in [1.29, 1.82) is 0 Å². The highest BCUT2D eigenvalue weighted by Crippen LogP contribution is 2.29. The standard InChI is InChI=1S/C71H104O2/c1-54(2)28-17-29-55(3)30-18-31-56(4)32-19-33-57(5)34-20-35-58(6)36-21-37-59(7)38-22-39-60(8)40-23-41-61(9)42-24-43-62(10)44-25-45-63(11)46-26-47-64(12)48-27-49-65(13)52-53-67-66(14)70(72)68-50-15-16-51-69(68)71(67)73/h15-16,28,30,32,34,36,38,40,42,44,46,48,50-52H,17-27,29,31,33,35,37,39,41,43,45,47,49,53H2,1-14H3. The molecule has 0 aromatic heterocycles. The lowest BCUT2D eigenvalue weighted by Gasteiger charge is -2.18. The Balaban J connectivity index is 1.56. The number of hydrogen-bond donors (Lipinski definition) is 0. The first-order chi connectivity index (χ1) is 34.9. The quantitative estimate of drug-likeness (QED) is 0.0635. The van der Waals surface area contributed by atoms with Crippen LogP contribution in [0.4, 0.5) is 0 Å². The molecular weight excluding hydrogens is 885 g/mol. The molecule has 0 bridgehead atoms. The SMILES string of the molecule is CC(C)=CCCC(C)=CCCC(C)=CCCC(C)=CCCC(C)=CCCC(C)=CCCC(C)=CCCC(C)=CCCC(C)=CCCC(C)=CCCC(C)=CCCC(C)=CCC1=C(C)C(=O)c2ccccc2C1=O. The summed E-state index contributed by atoms with van der Waals surface area (Å²) in [7, 11) is 0. The van der Waals surface area contributed by atoms with Crippen LogP contribution in [0.1, 0.15) is 265 Å². The summed E-state index contributed by atoms with van der Waals surface area (Å²) in [6.07, 6.45) is 54.3. The van der Waals surface area contributed by atoms with Crippen LogP contribution in [-0.2, 0) is 0 Å². The molecule has 0 atom stereocenters. The molecule has 0 amide bonds. The zero-order valence-electron chi connectivity index (χ0n) is 49.3. The van der Waals surface area contributed by atoms with Gasteiger partial charge >= 0.3 is 0 Å². The highest BCUT2D eigenvalue weighted by atomic mass is 16.1. The highest BCUT2D eigenvalue weighted by molar-refractivity contribution is 6.26. The number of fused-ring (bicyclic) bond motifs is 1. The Kier molecular flexibility index (Phi) is 33.3. The summed E-state index contributed by atoms with van der Waals surface area (Å²) in [5.74, 6) is -0.0324. The Hall–Kier alpha value is -4.82. The number of rotatable bonds is 35. The molecule has 400 valence electrons. The van der Waals surface area contributed by atoms with E-state index in [1.807, 2.05) is 12.1 Å². The zero-order chi connectivity index (χ0) is 54.0. The van der Waals surface area contributed by atoms with Crippen LogP contribution >= 0.6 is 0 Å². The maximum atomic E-state index is 13.1. The molecule has 0 fully saturated rings. The molecule has 0 spiro atoms. The van der Waals surface area contributed by atoms with Gasteiger partial charge < -0.3 is 0 Å². The topological polar surface area (TPSA) is 34.1 Å². The molecule has 0 radical (unpaired) electrons. The van der Waals surface area contributed by atoms with E-state index in [-0.39, 0.29) is 11.6 Å². The Bertz CT molecular complexity index is 2310. The van der Waals surface area contributed by atoms with Crippen molar-refractivity contribution in [2.24, 2.45) is 0 Å². The Morgan fingerprint density at radius 2 is 0.507 bits per heavy atom. The van der Waals surface area contributed by atoms with E-state index >= 15 is 0 Å². The van der Waals surface area contributed by atoms with E-state index in [1.165, 1.54) is 92.6 Å². The molecule has 0 saturated heterocycles. The minimum atomic E-state index is -0.0234. The molecule has 0 heterocycles. The fourth-order valence-corrected chi connectivity index (χ4v) is 9.25. The van der Waals surface area contributed by atoms with Crippen molar-refractivity contribution in [3.05, 3.63) is 186 Å². The van der Waals surface area contributed by atoms with E-state index < -0.39 is 0 Å². The van der Waals surface area contributed by atoms with E-state index in [9.17, 15) is 9.59 Å². The van der Waals surface area contributed by atoms with Crippen molar-refractivity contribution in [3.8, 4) is 0 Å². The Morgan fingerprint density at radius 1 is 0.301 bits per heavy atom. The lowest BCUT2D eigenvalue weighted by molar-refractivity contribution is 0.0973. The molecule has 0 saturated carbocycles. The van der Waals surface area contributed by atoms with Gasteiger partial charge in [0.2, 0.25) is 0 Å². The molecule has 2 nitrogen and oxygen atoms in total. The third-order valence-electron chi connectivity index (χ3n) is 14.5. The molecule has 73 heavy (non-hydrogen) atoms. The number of benzene rings is 1. The van der Waals surface area contributed by atoms with Crippen LogP contribution in [0.3, 0.4) is 0 Å². The molecule has 0 N–H and O–H groups in total. The first kappa shape index (κ1) is 64.3. The zero-order valence-corrected chi connectivity index (χ0v) is 49.3. The van der Waals surface area contributed by atoms with E-state index in [0.29, 0.717) is 28.7 Å². The van der Waals surface area contributed by atoms with Gasteiger partial charge in [-0.3, -0.25) is 9.59 Å². The van der Waals surface area contributed by atoms with Gasteiger partial charge in [0.15, 0.2) is 11.6 Å². The predicted molar refractivity (Wildman–Crippen MR) is 325 cm³/mol. The van der Waals surface area contributed by atoms with Gasteiger partial charge in [0.05, 0.1) is 0 Å². The smallest absolute Gasteiger partial charge is 0.190 e. The van der Waals surface area contributed by atoms with E-state index in [4.69, 9.17) is 0 Å². The first-order valence-electron chi connectivity index (χ1n) is 28.6. The number of Topliss-reactive ketones (excluding diaryl/α,β-unsaturated/α-hetero) is 2. The number of allylic oxidation sites excluding steroid dienone is 26. The normalized spacial score (nSPS) is 15.5. The Morgan fingerprint density at radius 3 is 0.740 bits per heavy atom. The van der Waals surface area contributed by atoms with E-state index in [0.717, 1.165) is 116 Å². The van der Waals surface area contributed by atoms with Crippen LogP contribution in [0.15, 0.2) is 175 Å². The third-order valence-corrected chi connectivity index (χ3v) is 14.5. The van der Waals surface area contributed by atoms with Gasteiger partial charge in [-0.25, -0.2) is 0 Å². The second-order valence-corrected chi connectivity index (χ2v) is 22.3. The minimum Gasteiger partial charge on any atom is -0.289 e. The van der Waals surface area contributed by atoms with Crippen molar-refractivity contribution < 1.29 is 9.59 Å². The van der Waals surface area contributed by atoms with Crippen LogP contribution in [-0.4, -0.2) is 11.6 Å². The summed E-state index contributed by atoms with van der Waals surface area (Å²) in [6, 6.07) is 7.17. The van der Waals surface area contributed by atoms with Crippen molar-refractivity contribution >= 4 is 11.6 Å². The van der Waals surface area contributed by atoms with Crippen LogP contribution in [0.5, 0.6) is 0 Å². The highest BCUT2D eigenvalue weighted by Gasteiger charge is 2.28. The molecule has 1 aliphatic carbocycles. The van der Waals surface area contributed by atoms with Crippen molar-refractivity contribution in [2.45, 2.75) is 245 Å². The lowest BCUT2D eigenvalue weighted by Crippen LogP contribution is -2.20. The average Bonchev–Trinajstić information content (AvgIpc) is 3.33. The molecule has 1 aromatic rings. The summed E-state index contributed by atoms with van der Waals surface area (Å²) < 4.78 is 0. The molecule has 2 rings (SSSR count). The summed E-state index contributed by atoms with van der Waals surface area (Å²) in [6.45, 7) is 31.2. The van der Waals surface area contributed by atoms with Gasteiger partial charge in [-0.15, -0.1) is 0 Å². The van der Waals surface area contributed by atoms with Crippen LogP contribution < -0.4 is 0 Å². The average molecular weight is 990 g/mol. The second-order valence-electron chi connectivity index (χ2n) is 22.3. The molecule has 1 aliphatic rings. The number of hydrogen-bond acceptors (Lipinski definition) is 2. The van der Waals surface area contributed by atoms with Crippen LogP contribution in [0.25, 0.3) is 0 Å². The summed E-state index contributed by atoms with van der Waals surface area (Å²) in [5, 5.41) is 0. The summed E-state index contributed by atoms with van der Waals surface area (Å²) in [4.78, 5) is 25.9. The van der Waals surface area contributed by atoms with Crippen molar-refractivity contribution in [3.63, 3.8) is 0 Å². The van der Waals surface area contributed by atoms with Crippen LogP contribution in [0.2, 0.25) is 0 Å². The number of carbonyl (C=O) groups is 2. The van der Waals surface area contributed by atoms with Crippen LogP contribution in [0, 0.1) is 0 Å². The number of ketones is 2. The summed E-state index contributed by atoms with van der Waals surface area (Å²) >= 11 is 0. The monoisotopic (exact) mass is 989 g/mol. The Labute approximate surface area is 450 Å². The predicted octanol–water partition coefficient (Wildman–Crippen LogP) is 22.7. The van der Waals surface area contributed by atoms with Gasteiger partial charge in [0.25, 0.3) is 0 Å². The fraction of sp³-hybridized carbons (Fsp3) is 0.521. The van der Waals surface area contributed by atoms with Gasteiger partial charge in [-0.05, 0) is 245 Å². The molecular formula is C71H104O2. The maximum absolute atomic E-state index is 13.1.